The van der Waals surface area contributed by atoms with E-state index in [1.54, 1.807) is 0 Å². The van der Waals surface area contributed by atoms with Crippen molar-refractivity contribution >= 4 is 5.91 Å². The molecular weight excluding hydrogens is 306 g/mol. The fourth-order valence-corrected chi connectivity index (χ4v) is 3.72. The topological polar surface area (TPSA) is 68.5 Å². The first kappa shape index (κ1) is 15.3. The van der Waals surface area contributed by atoms with Gasteiger partial charge in [0.25, 0.3) is 0 Å². The van der Waals surface area contributed by atoms with Crippen molar-refractivity contribution in [3.05, 3.63) is 47.6 Å². The van der Waals surface area contributed by atoms with Crippen LogP contribution in [0.5, 0.6) is 0 Å². The molecular formula is C18H21N3O3. The van der Waals surface area contributed by atoms with Crippen LogP contribution in [0.1, 0.15) is 35.5 Å². The molecule has 2 aliphatic rings. The van der Waals surface area contributed by atoms with Crippen LogP contribution in [0.3, 0.4) is 0 Å². The van der Waals surface area contributed by atoms with Crippen molar-refractivity contribution < 1.29 is 14.1 Å². The van der Waals surface area contributed by atoms with Crippen LogP contribution in [0.15, 0.2) is 34.9 Å². The highest BCUT2D eigenvalue weighted by molar-refractivity contribution is 5.79. The van der Waals surface area contributed by atoms with E-state index >= 15 is 0 Å². The highest BCUT2D eigenvalue weighted by atomic mass is 16.5. The molecule has 2 aromatic rings. The van der Waals surface area contributed by atoms with Gasteiger partial charge in [-0.05, 0) is 18.9 Å². The number of carbonyl (C=O) groups excluding carboxylic acids is 1. The van der Waals surface area contributed by atoms with E-state index in [1.165, 1.54) is 5.56 Å². The third kappa shape index (κ3) is 2.82. The van der Waals surface area contributed by atoms with E-state index in [4.69, 9.17) is 9.26 Å². The molecule has 1 aromatic carbocycles. The molecule has 0 radical (unpaired) electrons. The number of ether oxygens (including phenoxy) is 1. The standard InChI is InChI=1S/C18H21N3O3/c1-12-19-17(24-20-12)16-10-21(18(22)14-7-8-23-11-14)9-15(16)13-5-3-2-4-6-13/h2-6,14-16H,7-11H2,1H3/t14-,15-,16+/m0/s1. The largest absolute Gasteiger partial charge is 0.381 e. The van der Waals surface area contributed by atoms with Gasteiger partial charge in [-0.3, -0.25) is 4.79 Å². The van der Waals surface area contributed by atoms with Crippen LogP contribution in [0, 0.1) is 12.8 Å². The van der Waals surface area contributed by atoms with Crippen LogP contribution in [0.25, 0.3) is 0 Å². The molecule has 0 spiro atoms. The number of amides is 1. The predicted octanol–water partition coefficient (Wildman–Crippen LogP) is 2.12. The Bertz CT molecular complexity index is 709. The Balaban J connectivity index is 1.61. The molecule has 2 fully saturated rings. The molecule has 1 amide bonds. The number of likely N-dealkylation sites (tertiary alicyclic amines) is 1. The van der Waals surface area contributed by atoms with Gasteiger partial charge in [-0.15, -0.1) is 0 Å². The third-order valence-corrected chi connectivity index (χ3v) is 5.00. The van der Waals surface area contributed by atoms with Crippen LogP contribution < -0.4 is 0 Å². The molecule has 6 heteroatoms. The summed E-state index contributed by atoms with van der Waals surface area (Å²) < 4.78 is 10.8. The lowest BCUT2D eigenvalue weighted by molar-refractivity contribution is -0.134. The molecule has 6 nitrogen and oxygen atoms in total. The van der Waals surface area contributed by atoms with Gasteiger partial charge in [0.2, 0.25) is 11.8 Å². The maximum absolute atomic E-state index is 12.8. The zero-order valence-corrected chi connectivity index (χ0v) is 13.7. The van der Waals surface area contributed by atoms with E-state index in [2.05, 4.69) is 22.3 Å². The zero-order valence-electron chi connectivity index (χ0n) is 13.7. The van der Waals surface area contributed by atoms with Gasteiger partial charge < -0.3 is 14.2 Å². The molecule has 0 saturated carbocycles. The van der Waals surface area contributed by atoms with E-state index in [0.717, 1.165) is 6.42 Å². The average molecular weight is 327 g/mol. The van der Waals surface area contributed by atoms with Gasteiger partial charge in [0.05, 0.1) is 18.4 Å². The second-order valence-electron chi connectivity index (χ2n) is 6.61. The summed E-state index contributed by atoms with van der Waals surface area (Å²) in [5, 5.41) is 3.93. The lowest BCUT2D eigenvalue weighted by Crippen LogP contribution is -2.34. The smallest absolute Gasteiger partial charge is 0.232 e. The zero-order chi connectivity index (χ0) is 16.5. The molecule has 2 saturated heterocycles. The number of rotatable bonds is 3. The van der Waals surface area contributed by atoms with Crippen molar-refractivity contribution in [1.29, 1.82) is 0 Å². The summed E-state index contributed by atoms with van der Waals surface area (Å²) in [7, 11) is 0. The third-order valence-electron chi connectivity index (χ3n) is 5.00. The van der Waals surface area contributed by atoms with Gasteiger partial charge in [0.1, 0.15) is 0 Å². The number of aromatic nitrogens is 2. The normalized spacial score (nSPS) is 26.9. The van der Waals surface area contributed by atoms with Gasteiger partial charge in [-0.1, -0.05) is 35.5 Å². The fourth-order valence-electron chi connectivity index (χ4n) is 3.72. The average Bonchev–Trinajstić information content (AvgIpc) is 3.35. The van der Waals surface area contributed by atoms with Gasteiger partial charge in [-0.2, -0.15) is 4.98 Å². The van der Waals surface area contributed by atoms with E-state index in [0.29, 0.717) is 38.0 Å². The number of aryl methyl sites for hydroxylation is 1. The maximum Gasteiger partial charge on any atom is 0.232 e. The van der Waals surface area contributed by atoms with E-state index < -0.39 is 0 Å². The minimum absolute atomic E-state index is 0.00963. The highest BCUT2D eigenvalue weighted by Crippen LogP contribution is 2.39. The monoisotopic (exact) mass is 327 g/mol. The summed E-state index contributed by atoms with van der Waals surface area (Å²) in [5.41, 5.74) is 1.20. The fraction of sp³-hybridized carbons (Fsp3) is 0.500. The van der Waals surface area contributed by atoms with E-state index in [1.807, 2.05) is 30.0 Å². The summed E-state index contributed by atoms with van der Waals surface area (Å²) in [6.07, 6.45) is 0.815. The minimum Gasteiger partial charge on any atom is -0.381 e. The van der Waals surface area contributed by atoms with Crippen LogP contribution in [-0.4, -0.2) is 47.3 Å². The molecule has 0 N–H and O–H groups in total. The highest BCUT2D eigenvalue weighted by Gasteiger charge is 2.42. The molecule has 3 atom stereocenters. The van der Waals surface area contributed by atoms with Crippen molar-refractivity contribution in [3.63, 3.8) is 0 Å². The Morgan fingerprint density at radius 2 is 2.00 bits per heavy atom. The van der Waals surface area contributed by atoms with Crippen LogP contribution in [0.4, 0.5) is 0 Å². The van der Waals surface area contributed by atoms with Crippen LogP contribution >= 0.6 is 0 Å². The van der Waals surface area contributed by atoms with Gasteiger partial charge in [0, 0.05) is 25.6 Å². The van der Waals surface area contributed by atoms with Gasteiger partial charge >= 0.3 is 0 Å². The maximum atomic E-state index is 12.8. The summed E-state index contributed by atoms with van der Waals surface area (Å²) in [4.78, 5) is 19.2. The summed E-state index contributed by atoms with van der Waals surface area (Å²) in [5.74, 6) is 1.65. The summed E-state index contributed by atoms with van der Waals surface area (Å²) >= 11 is 0. The number of hydrogen-bond donors (Lipinski definition) is 0. The number of nitrogens with zero attached hydrogens (tertiary/aromatic N) is 3. The van der Waals surface area contributed by atoms with Crippen molar-refractivity contribution in [2.24, 2.45) is 5.92 Å². The molecule has 4 rings (SSSR count). The molecule has 0 bridgehead atoms. The van der Waals surface area contributed by atoms with Crippen LogP contribution in [-0.2, 0) is 9.53 Å². The number of carbonyl (C=O) groups is 1. The van der Waals surface area contributed by atoms with E-state index in [9.17, 15) is 4.79 Å². The predicted molar refractivity (Wildman–Crippen MR) is 86.5 cm³/mol. The lowest BCUT2D eigenvalue weighted by atomic mass is 9.89. The Kier molecular flexibility index (Phi) is 4.06. The summed E-state index contributed by atoms with van der Waals surface area (Å²) in [6, 6.07) is 10.3. The Morgan fingerprint density at radius 1 is 1.21 bits per heavy atom. The van der Waals surface area contributed by atoms with Crippen molar-refractivity contribution in [1.82, 2.24) is 15.0 Å². The molecule has 126 valence electrons. The van der Waals surface area contributed by atoms with E-state index in [-0.39, 0.29) is 23.7 Å². The second-order valence-corrected chi connectivity index (χ2v) is 6.61. The Hall–Kier alpha value is -2.21. The van der Waals surface area contributed by atoms with Crippen molar-refractivity contribution in [2.75, 3.05) is 26.3 Å². The van der Waals surface area contributed by atoms with Gasteiger partial charge in [0.15, 0.2) is 5.82 Å². The van der Waals surface area contributed by atoms with Crippen molar-refractivity contribution in [3.8, 4) is 0 Å². The SMILES string of the molecule is Cc1noc([C@@H]2CN(C(=O)[C@H]3CCOC3)C[C@H]2c2ccccc2)n1. The first-order valence-corrected chi connectivity index (χ1v) is 8.44. The minimum atomic E-state index is -0.00963. The number of hydrogen-bond acceptors (Lipinski definition) is 5. The molecule has 3 heterocycles. The molecule has 0 unspecified atom stereocenters. The molecule has 0 aliphatic carbocycles. The second kappa shape index (κ2) is 6.36. The van der Waals surface area contributed by atoms with Crippen LogP contribution in [0.2, 0.25) is 0 Å². The Labute approximate surface area is 140 Å². The Morgan fingerprint density at radius 3 is 2.67 bits per heavy atom. The number of benzene rings is 1. The lowest BCUT2D eigenvalue weighted by Gasteiger charge is -2.19. The first-order valence-electron chi connectivity index (χ1n) is 8.44. The van der Waals surface area contributed by atoms with Gasteiger partial charge in [-0.25, -0.2) is 0 Å². The molecule has 2 aliphatic heterocycles. The first-order chi connectivity index (χ1) is 11.7. The van der Waals surface area contributed by atoms with Crippen molar-refractivity contribution in [2.45, 2.75) is 25.2 Å². The molecule has 24 heavy (non-hydrogen) atoms. The molecule has 1 aromatic heterocycles. The summed E-state index contributed by atoms with van der Waals surface area (Å²) in [6.45, 7) is 4.34. The quantitative estimate of drug-likeness (QED) is 0.864.